The van der Waals surface area contributed by atoms with Crippen LogP contribution >= 0.6 is 24.0 Å². The molecule has 0 fully saturated rings. The van der Waals surface area contributed by atoms with Crippen LogP contribution in [-0.2, 0) is 6.54 Å². The molecule has 3 aromatic rings. The Morgan fingerprint density at radius 3 is 2.69 bits per heavy atom. The van der Waals surface area contributed by atoms with E-state index in [1.807, 2.05) is 48.5 Å². The minimum atomic E-state index is -0.308. The Labute approximate surface area is 195 Å². The molecule has 2 aromatic carbocycles. The van der Waals surface area contributed by atoms with Crippen molar-refractivity contribution in [1.29, 1.82) is 0 Å². The van der Waals surface area contributed by atoms with E-state index in [9.17, 15) is 4.79 Å². The van der Waals surface area contributed by atoms with Crippen LogP contribution in [0, 0.1) is 0 Å². The van der Waals surface area contributed by atoms with Gasteiger partial charge >= 0.3 is 0 Å². The zero-order valence-electron chi connectivity index (χ0n) is 16.9. The van der Waals surface area contributed by atoms with Crippen LogP contribution in [-0.4, -0.2) is 21.5 Å². The molecular weight excluding hydrogens is 440 g/mol. The van der Waals surface area contributed by atoms with Crippen molar-refractivity contribution in [3.63, 3.8) is 0 Å². The highest BCUT2D eigenvalue weighted by atomic mass is 32.2. The number of carbonyl (C=O) groups excluding carboxylic acids is 1. The Morgan fingerprint density at radius 2 is 1.88 bits per heavy atom. The Kier molecular flexibility index (Phi) is 5.66. The summed E-state index contributed by atoms with van der Waals surface area (Å²) in [6, 6.07) is 21.7. The molecule has 9 heteroatoms. The summed E-state index contributed by atoms with van der Waals surface area (Å²) in [4.78, 5) is 20.2. The number of hydrogen-bond acceptors (Lipinski definition) is 6. The third-order valence-corrected chi connectivity index (χ3v) is 6.46. The molecule has 0 radical (unpaired) electrons. The van der Waals surface area contributed by atoms with E-state index in [2.05, 4.69) is 49.7 Å². The van der Waals surface area contributed by atoms with Gasteiger partial charge in [0.05, 0.1) is 27.5 Å². The highest BCUT2D eigenvalue weighted by molar-refractivity contribution is 8.09. The lowest BCUT2D eigenvalue weighted by molar-refractivity contribution is 0.0943. The molecule has 1 aromatic heterocycles. The second kappa shape index (κ2) is 8.89. The number of carbonyl (C=O) groups is 1. The maximum absolute atomic E-state index is 12.4. The van der Waals surface area contributed by atoms with Gasteiger partial charge in [-0.25, -0.2) is 0 Å². The molecule has 5 rings (SSSR count). The number of anilines is 2. The van der Waals surface area contributed by atoms with E-state index in [-0.39, 0.29) is 11.4 Å². The van der Waals surface area contributed by atoms with Gasteiger partial charge in [-0.15, -0.1) is 0 Å². The van der Waals surface area contributed by atoms with Crippen molar-refractivity contribution in [2.24, 2.45) is 0 Å². The standard InChI is InChI=1S/C23H20N6OS2/c30-21(27-28-22(31)25-12-15-6-2-1-3-7-15)16-10-11-18(24-13-16)20-14-29-19-9-5-4-8-17(19)26-23(29)32-20/h1-11,13-14,23,26H,12H2,(H,27,30)(H2,25,28,31). The van der Waals surface area contributed by atoms with Crippen molar-refractivity contribution in [2.45, 2.75) is 12.0 Å². The van der Waals surface area contributed by atoms with Gasteiger partial charge in [0, 0.05) is 18.9 Å². The van der Waals surface area contributed by atoms with Crippen molar-refractivity contribution in [3.05, 3.63) is 95.9 Å². The van der Waals surface area contributed by atoms with E-state index in [0.717, 1.165) is 27.5 Å². The maximum Gasteiger partial charge on any atom is 0.271 e. The smallest absolute Gasteiger partial charge is 0.271 e. The number of aromatic nitrogens is 1. The minimum Gasteiger partial charge on any atom is -0.357 e. The molecule has 1 unspecified atom stereocenters. The summed E-state index contributed by atoms with van der Waals surface area (Å²) in [6.45, 7) is 0.572. The van der Waals surface area contributed by atoms with Crippen LogP contribution in [0.5, 0.6) is 0 Å². The van der Waals surface area contributed by atoms with Crippen LogP contribution in [0.2, 0.25) is 0 Å². The molecule has 2 aliphatic heterocycles. The number of thioether (sulfide) groups is 1. The Balaban J connectivity index is 1.16. The number of benzene rings is 2. The van der Waals surface area contributed by atoms with Gasteiger partial charge in [-0.1, -0.05) is 54.2 Å². The highest BCUT2D eigenvalue weighted by Crippen LogP contribution is 2.47. The number of para-hydroxylation sites is 2. The van der Waals surface area contributed by atoms with Crippen LogP contribution in [0.3, 0.4) is 0 Å². The van der Waals surface area contributed by atoms with Crippen LogP contribution in [0.25, 0.3) is 4.91 Å². The fourth-order valence-electron chi connectivity index (χ4n) is 3.46. The molecule has 1 atom stereocenters. The number of rotatable bonds is 4. The average molecular weight is 461 g/mol. The third-order valence-electron chi connectivity index (χ3n) is 5.07. The second-order valence-electron chi connectivity index (χ2n) is 7.21. The van der Waals surface area contributed by atoms with Gasteiger partial charge < -0.3 is 15.5 Å². The summed E-state index contributed by atoms with van der Waals surface area (Å²) in [5.41, 5.74) is 10.1. The summed E-state index contributed by atoms with van der Waals surface area (Å²) in [7, 11) is 0. The Hall–Kier alpha value is -3.56. The first kappa shape index (κ1) is 20.3. The molecule has 32 heavy (non-hydrogen) atoms. The molecule has 0 aliphatic carbocycles. The number of nitrogens with zero attached hydrogens (tertiary/aromatic N) is 2. The van der Waals surface area contributed by atoms with Gasteiger partial charge in [0.15, 0.2) is 10.6 Å². The molecule has 3 heterocycles. The minimum absolute atomic E-state index is 0.126. The lowest BCUT2D eigenvalue weighted by atomic mass is 10.2. The average Bonchev–Trinajstić information content (AvgIpc) is 3.40. The molecule has 7 nitrogen and oxygen atoms in total. The summed E-state index contributed by atoms with van der Waals surface area (Å²) >= 11 is 6.91. The summed E-state index contributed by atoms with van der Waals surface area (Å²) < 4.78 is 0. The van der Waals surface area contributed by atoms with Gasteiger partial charge in [0.2, 0.25) is 0 Å². The van der Waals surface area contributed by atoms with Gasteiger partial charge in [-0.05, 0) is 42.0 Å². The zero-order valence-corrected chi connectivity index (χ0v) is 18.5. The third kappa shape index (κ3) is 4.25. The van der Waals surface area contributed by atoms with E-state index in [0.29, 0.717) is 17.2 Å². The van der Waals surface area contributed by atoms with Crippen LogP contribution in [0.1, 0.15) is 21.6 Å². The van der Waals surface area contributed by atoms with E-state index in [1.54, 1.807) is 24.0 Å². The summed E-state index contributed by atoms with van der Waals surface area (Å²) in [5.74, 6) is -0.308. The molecule has 0 saturated carbocycles. The number of hydrogen-bond donors (Lipinski definition) is 4. The van der Waals surface area contributed by atoms with Crippen LogP contribution < -0.4 is 26.4 Å². The lowest BCUT2D eigenvalue weighted by Crippen LogP contribution is -2.46. The molecular formula is C23H20N6OS2. The number of thiocarbonyl (C=S) groups is 1. The summed E-state index contributed by atoms with van der Waals surface area (Å²) in [6.07, 6.45) is 3.66. The van der Waals surface area contributed by atoms with Crippen molar-refractivity contribution in [2.75, 3.05) is 10.2 Å². The molecule has 160 valence electrons. The van der Waals surface area contributed by atoms with E-state index < -0.39 is 0 Å². The van der Waals surface area contributed by atoms with E-state index in [4.69, 9.17) is 12.2 Å². The SMILES string of the molecule is O=C(NNC(=S)NCc1ccccc1)c1ccc(C2=CN3c4ccccc4NC3S2)nc1. The monoisotopic (exact) mass is 460 g/mol. The topological polar surface area (TPSA) is 81.3 Å². The largest absolute Gasteiger partial charge is 0.357 e. The quantitative estimate of drug-likeness (QED) is 0.347. The van der Waals surface area contributed by atoms with Gasteiger partial charge in [-0.3, -0.25) is 20.6 Å². The fourth-order valence-corrected chi connectivity index (χ4v) is 4.71. The van der Waals surface area contributed by atoms with E-state index >= 15 is 0 Å². The molecule has 4 N–H and O–H groups in total. The first-order valence-electron chi connectivity index (χ1n) is 10.0. The lowest BCUT2D eigenvalue weighted by Gasteiger charge is -2.14. The van der Waals surface area contributed by atoms with Crippen molar-refractivity contribution < 1.29 is 4.79 Å². The molecule has 0 bridgehead atoms. The van der Waals surface area contributed by atoms with Gasteiger partial charge in [0.1, 0.15) is 0 Å². The van der Waals surface area contributed by atoms with Crippen molar-refractivity contribution in [3.8, 4) is 0 Å². The maximum atomic E-state index is 12.4. The van der Waals surface area contributed by atoms with Crippen molar-refractivity contribution in [1.82, 2.24) is 21.2 Å². The zero-order chi connectivity index (χ0) is 21.9. The fraction of sp³-hybridized carbons (Fsp3) is 0.0870. The summed E-state index contributed by atoms with van der Waals surface area (Å²) in [5, 5.41) is 6.88. The Morgan fingerprint density at radius 1 is 1.06 bits per heavy atom. The predicted octanol–water partition coefficient (Wildman–Crippen LogP) is 3.65. The van der Waals surface area contributed by atoms with Crippen molar-refractivity contribution >= 4 is 51.3 Å². The first-order valence-corrected chi connectivity index (χ1v) is 11.3. The number of amides is 1. The molecule has 0 spiro atoms. The van der Waals surface area contributed by atoms with Crippen LogP contribution in [0.15, 0.2) is 79.1 Å². The predicted molar refractivity (Wildman–Crippen MR) is 133 cm³/mol. The number of hydrazine groups is 1. The molecule has 1 amide bonds. The van der Waals surface area contributed by atoms with E-state index in [1.165, 1.54) is 0 Å². The normalized spacial score (nSPS) is 15.8. The molecule has 2 aliphatic rings. The van der Waals surface area contributed by atoms with Gasteiger partial charge in [-0.2, -0.15) is 0 Å². The van der Waals surface area contributed by atoms with Crippen LogP contribution in [0.4, 0.5) is 11.4 Å². The number of nitrogens with one attached hydrogen (secondary N) is 4. The second-order valence-corrected chi connectivity index (χ2v) is 8.74. The number of pyridine rings is 1. The highest BCUT2D eigenvalue weighted by Gasteiger charge is 2.34. The Bertz CT molecular complexity index is 1180. The number of fused-ring (bicyclic) bond motifs is 3. The van der Waals surface area contributed by atoms with Gasteiger partial charge in [0.25, 0.3) is 5.91 Å². The molecule has 0 saturated heterocycles. The first-order chi connectivity index (χ1) is 15.7.